The van der Waals surface area contributed by atoms with Gasteiger partial charge in [0.05, 0.1) is 11.7 Å². The summed E-state index contributed by atoms with van der Waals surface area (Å²) in [5.41, 5.74) is 0.225. The Labute approximate surface area is 119 Å². The molecule has 0 amide bonds. The van der Waals surface area contributed by atoms with E-state index in [0.29, 0.717) is 11.8 Å². The molecule has 6 heteroatoms. The first-order valence-electron chi connectivity index (χ1n) is 6.08. The number of halogens is 3. The second-order valence-electron chi connectivity index (χ2n) is 4.37. The molecule has 21 heavy (non-hydrogen) atoms. The van der Waals surface area contributed by atoms with Crippen molar-refractivity contribution in [2.24, 2.45) is 0 Å². The second-order valence-corrected chi connectivity index (χ2v) is 4.37. The van der Waals surface area contributed by atoms with Gasteiger partial charge in [0.1, 0.15) is 23.5 Å². The first kappa shape index (κ1) is 14.9. The number of aliphatic hydroxyl groups excluding tert-OH is 1. The summed E-state index contributed by atoms with van der Waals surface area (Å²) in [5.74, 6) is -2.22. The largest absolute Gasteiger partial charge is 0.386 e. The van der Waals surface area contributed by atoms with Crippen molar-refractivity contribution in [3.63, 3.8) is 0 Å². The van der Waals surface area contributed by atoms with Gasteiger partial charge in [-0.05, 0) is 24.3 Å². The van der Waals surface area contributed by atoms with Crippen molar-refractivity contribution in [1.82, 2.24) is 0 Å². The standard InChI is InChI=1S/C15H11F3N2O/c16-10-1-3-12(14(18)6-10)15(21)8-20-11-2-4-13(17)9(5-11)7-19/h1-6,15,20-21H,8H2. The molecule has 0 spiro atoms. The van der Waals surface area contributed by atoms with Crippen molar-refractivity contribution in [2.75, 3.05) is 11.9 Å². The van der Waals surface area contributed by atoms with Crippen molar-refractivity contribution < 1.29 is 18.3 Å². The quantitative estimate of drug-likeness (QED) is 0.910. The van der Waals surface area contributed by atoms with Gasteiger partial charge >= 0.3 is 0 Å². The van der Waals surface area contributed by atoms with Crippen molar-refractivity contribution in [3.8, 4) is 6.07 Å². The minimum absolute atomic E-state index is 0.0495. The number of hydrogen-bond donors (Lipinski definition) is 2. The summed E-state index contributed by atoms with van der Waals surface area (Å²) in [6, 6.07) is 8.37. The molecule has 2 aromatic rings. The van der Waals surface area contributed by atoms with E-state index >= 15 is 0 Å². The molecule has 0 saturated heterocycles. The van der Waals surface area contributed by atoms with Crippen molar-refractivity contribution in [2.45, 2.75) is 6.10 Å². The van der Waals surface area contributed by atoms with Crippen LogP contribution in [0.3, 0.4) is 0 Å². The van der Waals surface area contributed by atoms with Gasteiger partial charge in [0.2, 0.25) is 0 Å². The van der Waals surface area contributed by atoms with E-state index in [1.165, 1.54) is 12.1 Å². The summed E-state index contributed by atoms with van der Waals surface area (Å²) >= 11 is 0. The van der Waals surface area contributed by atoms with Crippen LogP contribution in [0.25, 0.3) is 0 Å². The third-order valence-electron chi connectivity index (χ3n) is 2.91. The van der Waals surface area contributed by atoms with Gasteiger partial charge in [-0.15, -0.1) is 0 Å². The molecule has 1 atom stereocenters. The molecule has 0 bridgehead atoms. The number of rotatable bonds is 4. The molecule has 0 heterocycles. The van der Waals surface area contributed by atoms with E-state index in [9.17, 15) is 18.3 Å². The van der Waals surface area contributed by atoms with Crippen LogP contribution in [-0.4, -0.2) is 11.7 Å². The minimum Gasteiger partial charge on any atom is -0.386 e. The van der Waals surface area contributed by atoms with E-state index in [1.807, 2.05) is 0 Å². The molecule has 0 saturated carbocycles. The lowest BCUT2D eigenvalue weighted by atomic mass is 10.1. The predicted octanol–water partition coefficient (Wildman–Crippen LogP) is 3.12. The zero-order valence-corrected chi connectivity index (χ0v) is 10.8. The zero-order chi connectivity index (χ0) is 15.4. The maximum absolute atomic E-state index is 13.5. The monoisotopic (exact) mass is 292 g/mol. The lowest BCUT2D eigenvalue weighted by Gasteiger charge is -2.14. The van der Waals surface area contributed by atoms with Gasteiger partial charge in [0, 0.05) is 23.9 Å². The van der Waals surface area contributed by atoms with E-state index in [0.717, 1.165) is 18.2 Å². The van der Waals surface area contributed by atoms with Gasteiger partial charge in [-0.3, -0.25) is 0 Å². The maximum Gasteiger partial charge on any atom is 0.141 e. The van der Waals surface area contributed by atoms with Crippen LogP contribution in [0.5, 0.6) is 0 Å². The van der Waals surface area contributed by atoms with E-state index in [-0.39, 0.29) is 17.7 Å². The number of aliphatic hydroxyl groups is 1. The molecule has 0 aromatic heterocycles. The van der Waals surface area contributed by atoms with E-state index in [4.69, 9.17) is 5.26 Å². The van der Waals surface area contributed by atoms with Crippen molar-refractivity contribution in [3.05, 3.63) is 65.0 Å². The lowest BCUT2D eigenvalue weighted by molar-refractivity contribution is 0.186. The summed E-state index contributed by atoms with van der Waals surface area (Å²) in [7, 11) is 0. The average molecular weight is 292 g/mol. The highest BCUT2D eigenvalue weighted by Gasteiger charge is 2.13. The Balaban J connectivity index is 2.07. The molecule has 2 N–H and O–H groups in total. The molecule has 0 aliphatic carbocycles. The number of nitrogens with zero attached hydrogens (tertiary/aromatic N) is 1. The van der Waals surface area contributed by atoms with Gasteiger partial charge in [-0.2, -0.15) is 5.26 Å². The van der Waals surface area contributed by atoms with Gasteiger partial charge in [0.15, 0.2) is 0 Å². The number of hydrogen-bond acceptors (Lipinski definition) is 3. The third-order valence-corrected chi connectivity index (χ3v) is 2.91. The molecule has 108 valence electrons. The first-order valence-corrected chi connectivity index (χ1v) is 6.08. The Morgan fingerprint density at radius 2 is 1.86 bits per heavy atom. The number of nitriles is 1. The number of benzene rings is 2. The fourth-order valence-electron chi connectivity index (χ4n) is 1.82. The fourth-order valence-corrected chi connectivity index (χ4v) is 1.82. The molecular formula is C15H11F3N2O. The molecule has 2 rings (SSSR count). The van der Waals surface area contributed by atoms with Crippen molar-refractivity contribution >= 4 is 5.69 Å². The molecule has 0 radical (unpaired) electrons. The summed E-state index contributed by atoms with van der Waals surface area (Å²) in [6.45, 7) is -0.0704. The average Bonchev–Trinajstić information content (AvgIpc) is 2.46. The lowest BCUT2D eigenvalue weighted by Crippen LogP contribution is -2.13. The van der Waals surface area contributed by atoms with Crippen molar-refractivity contribution in [1.29, 1.82) is 5.26 Å². The van der Waals surface area contributed by atoms with E-state index < -0.39 is 23.6 Å². The maximum atomic E-state index is 13.5. The predicted molar refractivity (Wildman–Crippen MR) is 70.9 cm³/mol. The van der Waals surface area contributed by atoms with E-state index in [2.05, 4.69) is 5.32 Å². The Hall–Kier alpha value is -2.52. The molecule has 0 aliphatic heterocycles. The Morgan fingerprint density at radius 1 is 1.10 bits per heavy atom. The molecule has 3 nitrogen and oxygen atoms in total. The Kier molecular flexibility index (Phi) is 4.45. The molecular weight excluding hydrogens is 281 g/mol. The second kappa shape index (κ2) is 6.29. The summed E-state index contributed by atoms with van der Waals surface area (Å²) < 4.78 is 39.4. The van der Waals surface area contributed by atoms with Crippen LogP contribution in [-0.2, 0) is 0 Å². The smallest absolute Gasteiger partial charge is 0.141 e. The Morgan fingerprint density at radius 3 is 2.52 bits per heavy atom. The van der Waals surface area contributed by atoms with Gasteiger partial charge in [-0.25, -0.2) is 13.2 Å². The highest BCUT2D eigenvalue weighted by atomic mass is 19.1. The fraction of sp³-hybridized carbons (Fsp3) is 0.133. The number of nitrogens with one attached hydrogen (secondary N) is 1. The van der Waals surface area contributed by atoms with Crippen LogP contribution in [0, 0.1) is 28.8 Å². The number of anilines is 1. The van der Waals surface area contributed by atoms with E-state index in [1.54, 1.807) is 6.07 Å². The summed E-state index contributed by atoms with van der Waals surface area (Å²) in [6.07, 6.45) is -1.21. The molecule has 0 aliphatic rings. The summed E-state index contributed by atoms with van der Waals surface area (Å²) in [5, 5.41) is 21.3. The topological polar surface area (TPSA) is 56.0 Å². The van der Waals surface area contributed by atoms with Crippen LogP contribution < -0.4 is 5.32 Å². The molecule has 2 aromatic carbocycles. The van der Waals surface area contributed by atoms with Gasteiger partial charge in [-0.1, -0.05) is 6.07 Å². The van der Waals surface area contributed by atoms with Crippen LogP contribution >= 0.6 is 0 Å². The Bertz CT molecular complexity index is 698. The first-order chi connectivity index (χ1) is 10.0. The van der Waals surface area contributed by atoms with Crippen LogP contribution in [0.15, 0.2) is 36.4 Å². The van der Waals surface area contributed by atoms with Crippen LogP contribution in [0.1, 0.15) is 17.2 Å². The minimum atomic E-state index is -1.21. The third kappa shape index (κ3) is 3.52. The van der Waals surface area contributed by atoms with Crippen LogP contribution in [0.2, 0.25) is 0 Å². The highest BCUT2D eigenvalue weighted by molar-refractivity contribution is 5.50. The molecule has 1 unspecified atom stereocenters. The normalized spacial score (nSPS) is 11.8. The summed E-state index contributed by atoms with van der Waals surface area (Å²) in [4.78, 5) is 0. The van der Waals surface area contributed by atoms with Gasteiger partial charge in [0.25, 0.3) is 0 Å². The molecule has 0 fully saturated rings. The van der Waals surface area contributed by atoms with Crippen LogP contribution in [0.4, 0.5) is 18.9 Å². The SMILES string of the molecule is N#Cc1cc(NCC(O)c2ccc(F)cc2F)ccc1F. The highest BCUT2D eigenvalue weighted by Crippen LogP contribution is 2.20. The van der Waals surface area contributed by atoms with Gasteiger partial charge < -0.3 is 10.4 Å². The zero-order valence-electron chi connectivity index (χ0n) is 10.8.